The SMILES string of the molecule is CN(C)c1ncc2c(n1)C1(CCCN(c3ccnc(C(=O)O)c3)C1)CC2. The fourth-order valence-electron chi connectivity index (χ4n) is 4.23. The molecular weight excluding hydrogens is 330 g/mol. The van der Waals surface area contributed by atoms with Crippen LogP contribution in [0.2, 0.25) is 0 Å². The Balaban J connectivity index is 1.67. The minimum atomic E-state index is -0.992. The first-order valence-electron chi connectivity index (χ1n) is 8.96. The Morgan fingerprint density at radius 3 is 2.92 bits per heavy atom. The van der Waals surface area contributed by atoms with E-state index >= 15 is 0 Å². The van der Waals surface area contributed by atoms with E-state index in [4.69, 9.17) is 4.98 Å². The summed E-state index contributed by atoms with van der Waals surface area (Å²) in [6.07, 6.45) is 7.80. The van der Waals surface area contributed by atoms with Gasteiger partial charge in [-0.25, -0.2) is 19.7 Å². The van der Waals surface area contributed by atoms with Crippen molar-refractivity contribution >= 4 is 17.6 Å². The molecule has 0 bridgehead atoms. The van der Waals surface area contributed by atoms with Crippen LogP contribution < -0.4 is 9.80 Å². The van der Waals surface area contributed by atoms with Gasteiger partial charge in [0, 0.05) is 50.7 Å². The summed E-state index contributed by atoms with van der Waals surface area (Å²) >= 11 is 0. The van der Waals surface area contributed by atoms with Crippen LogP contribution in [0.5, 0.6) is 0 Å². The highest BCUT2D eigenvalue weighted by Crippen LogP contribution is 2.45. The average molecular weight is 353 g/mol. The van der Waals surface area contributed by atoms with Crippen LogP contribution in [0.4, 0.5) is 11.6 Å². The lowest BCUT2D eigenvalue weighted by Crippen LogP contribution is -2.45. The number of anilines is 2. The molecule has 2 aliphatic rings. The molecule has 0 amide bonds. The largest absolute Gasteiger partial charge is 0.477 e. The van der Waals surface area contributed by atoms with E-state index in [9.17, 15) is 9.90 Å². The molecular formula is C19H23N5O2. The van der Waals surface area contributed by atoms with Crippen molar-refractivity contribution in [1.82, 2.24) is 15.0 Å². The lowest BCUT2D eigenvalue weighted by Gasteiger charge is -2.41. The number of aromatic carboxylic acids is 1. The summed E-state index contributed by atoms with van der Waals surface area (Å²) in [5.74, 6) is -0.243. The lowest BCUT2D eigenvalue weighted by molar-refractivity contribution is 0.0690. The number of piperidine rings is 1. The first kappa shape index (κ1) is 16.8. The van der Waals surface area contributed by atoms with Crippen molar-refractivity contribution in [3.05, 3.63) is 41.5 Å². The Bertz CT molecular complexity index is 850. The molecule has 0 aromatic carbocycles. The van der Waals surface area contributed by atoms with Gasteiger partial charge in [0.1, 0.15) is 5.69 Å². The molecule has 7 nitrogen and oxygen atoms in total. The number of rotatable bonds is 3. The van der Waals surface area contributed by atoms with Crippen molar-refractivity contribution < 1.29 is 9.90 Å². The van der Waals surface area contributed by atoms with Crippen LogP contribution in [0.25, 0.3) is 0 Å². The summed E-state index contributed by atoms with van der Waals surface area (Å²) in [4.78, 5) is 28.8. The smallest absolute Gasteiger partial charge is 0.354 e. The number of carboxylic acids is 1. The maximum absolute atomic E-state index is 11.2. The number of aryl methyl sites for hydroxylation is 1. The predicted molar refractivity (Wildman–Crippen MR) is 99.0 cm³/mol. The average Bonchev–Trinajstić information content (AvgIpc) is 2.99. The second kappa shape index (κ2) is 6.23. The number of carbonyl (C=O) groups is 1. The van der Waals surface area contributed by atoms with Gasteiger partial charge in [-0.2, -0.15) is 0 Å². The Hall–Kier alpha value is -2.70. The maximum Gasteiger partial charge on any atom is 0.354 e. The summed E-state index contributed by atoms with van der Waals surface area (Å²) < 4.78 is 0. The quantitative estimate of drug-likeness (QED) is 0.905. The second-order valence-corrected chi connectivity index (χ2v) is 7.45. The minimum absolute atomic E-state index is 0.0218. The Labute approximate surface area is 152 Å². The number of pyridine rings is 1. The van der Waals surface area contributed by atoms with Crippen molar-refractivity contribution in [3.63, 3.8) is 0 Å². The number of aromatic nitrogens is 3. The molecule has 1 N–H and O–H groups in total. The summed E-state index contributed by atoms with van der Waals surface area (Å²) in [5.41, 5.74) is 3.46. The second-order valence-electron chi connectivity index (χ2n) is 7.45. The maximum atomic E-state index is 11.2. The minimum Gasteiger partial charge on any atom is -0.477 e. The third-order valence-electron chi connectivity index (χ3n) is 5.53. The highest BCUT2D eigenvalue weighted by molar-refractivity contribution is 5.86. The zero-order chi connectivity index (χ0) is 18.3. The number of hydrogen-bond donors (Lipinski definition) is 1. The highest BCUT2D eigenvalue weighted by atomic mass is 16.4. The van der Waals surface area contributed by atoms with Crippen LogP contribution in [0.15, 0.2) is 24.5 Å². The van der Waals surface area contributed by atoms with Gasteiger partial charge >= 0.3 is 5.97 Å². The topological polar surface area (TPSA) is 82.5 Å². The first-order chi connectivity index (χ1) is 12.5. The molecule has 2 aromatic rings. The molecule has 1 aliphatic carbocycles. The molecule has 1 unspecified atom stereocenters. The third kappa shape index (κ3) is 2.77. The van der Waals surface area contributed by atoms with Crippen LogP contribution >= 0.6 is 0 Å². The number of hydrogen-bond acceptors (Lipinski definition) is 6. The van der Waals surface area contributed by atoms with E-state index in [2.05, 4.69) is 14.9 Å². The lowest BCUT2D eigenvalue weighted by atomic mass is 9.77. The van der Waals surface area contributed by atoms with Crippen molar-refractivity contribution in [2.24, 2.45) is 0 Å². The molecule has 136 valence electrons. The van der Waals surface area contributed by atoms with Gasteiger partial charge in [0.25, 0.3) is 0 Å². The van der Waals surface area contributed by atoms with Crippen LogP contribution in [-0.2, 0) is 11.8 Å². The van der Waals surface area contributed by atoms with E-state index < -0.39 is 5.97 Å². The Kier molecular flexibility index (Phi) is 4.01. The van der Waals surface area contributed by atoms with Crippen molar-refractivity contribution in [1.29, 1.82) is 0 Å². The number of nitrogens with zero attached hydrogens (tertiary/aromatic N) is 5. The zero-order valence-corrected chi connectivity index (χ0v) is 15.1. The van der Waals surface area contributed by atoms with E-state index in [1.807, 2.05) is 31.3 Å². The molecule has 0 radical (unpaired) electrons. The third-order valence-corrected chi connectivity index (χ3v) is 5.53. The van der Waals surface area contributed by atoms with Gasteiger partial charge in [-0.05, 0) is 43.4 Å². The molecule has 3 heterocycles. The van der Waals surface area contributed by atoms with Gasteiger partial charge in [0.15, 0.2) is 0 Å². The van der Waals surface area contributed by atoms with Crippen LogP contribution in [0.3, 0.4) is 0 Å². The van der Waals surface area contributed by atoms with Crippen LogP contribution in [-0.4, -0.2) is 53.2 Å². The summed E-state index contributed by atoms with van der Waals surface area (Å²) in [5, 5.41) is 9.22. The molecule has 2 aromatic heterocycles. The highest BCUT2D eigenvalue weighted by Gasteiger charge is 2.44. The summed E-state index contributed by atoms with van der Waals surface area (Å²) in [6.45, 7) is 1.78. The standard InChI is InChI=1S/C19H23N5O2/c1-23(2)18-21-11-13-4-7-19(16(13)22-18)6-3-9-24(12-19)14-5-8-20-15(10-14)17(25)26/h5,8,10-11H,3-4,6-7,9,12H2,1-2H3,(H,25,26). The molecule has 1 saturated heterocycles. The predicted octanol–water partition coefficient (Wildman–Crippen LogP) is 2.12. The fourth-order valence-corrected chi connectivity index (χ4v) is 4.23. The molecule has 7 heteroatoms. The monoisotopic (exact) mass is 353 g/mol. The molecule has 1 fully saturated rings. The first-order valence-corrected chi connectivity index (χ1v) is 8.96. The molecule has 26 heavy (non-hydrogen) atoms. The Morgan fingerprint density at radius 2 is 2.15 bits per heavy atom. The molecule has 4 rings (SSSR count). The normalized spacial score (nSPS) is 21.7. The van der Waals surface area contributed by atoms with Gasteiger partial charge in [0.05, 0.1) is 5.69 Å². The number of fused-ring (bicyclic) bond motifs is 2. The van der Waals surface area contributed by atoms with Crippen molar-refractivity contribution in [2.45, 2.75) is 31.1 Å². The van der Waals surface area contributed by atoms with Gasteiger partial charge < -0.3 is 14.9 Å². The van der Waals surface area contributed by atoms with Gasteiger partial charge in [-0.3, -0.25) is 0 Å². The van der Waals surface area contributed by atoms with Crippen molar-refractivity contribution in [2.75, 3.05) is 37.0 Å². The Morgan fingerprint density at radius 1 is 1.31 bits per heavy atom. The fraction of sp³-hybridized carbons (Fsp3) is 0.474. The van der Waals surface area contributed by atoms with Gasteiger partial charge in [-0.1, -0.05) is 0 Å². The van der Waals surface area contributed by atoms with Gasteiger partial charge in [-0.15, -0.1) is 0 Å². The van der Waals surface area contributed by atoms with Crippen LogP contribution in [0, 0.1) is 0 Å². The van der Waals surface area contributed by atoms with E-state index in [1.54, 1.807) is 12.3 Å². The van der Waals surface area contributed by atoms with Crippen LogP contribution in [0.1, 0.15) is 41.0 Å². The van der Waals surface area contributed by atoms with E-state index in [1.165, 1.54) is 11.3 Å². The number of carboxylic acid groups (broad SMARTS) is 1. The van der Waals surface area contributed by atoms with E-state index in [0.29, 0.717) is 0 Å². The summed E-state index contributed by atoms with van der Waals surface area (Å²) in [7, 11) is 3.92. The molecule has 1 spiro atoms. The van der Waals surface area contributed by atoms with Crippen molar-refractivity contribution in [3.8, 4) is 0 Å². The van der Waals surface area contributed by atoms with E-state index in [0.717, 1.165) is 50.4 Å². The molecule has 1 atom stereocenters. The zero-order valence-electron chi connectivity index (χ0n) is 15.1. The van der Waals surface area contributed by atoms with Gasteiger partial charge in [0.2, 0.25) is 5.95 Å². The summed E-state index contributed by atoms with van der Waals surface area (Å²) in [6, 6.07) is 3.56. The molecule has 0 saturated carbocycles. The van der Waals surface area contributed by atoms with E-state index in [-0.39, 0.29) is 11.1 Å². The molecule has 1 aliphatic heterocycles.